The summed E-state index contributed by atoms with van der Waals surface area (Å²) < 4.78 is 0. The molecule has 0 aliphatic carbocycles. The molecule has 2 aromatic rings. The van der Waals surface area contributed by atoms with Crippen LogP contribution in [0.4, 0.5) is 5.69 Å². The number of rotatable bonds is 4. The Morgan fingerprint density at radius 2 is 2.09 bits per heavy atom. The molecular formula is C15H18N4O2S. The van der Waals surface area contributed by atoms with E-state index in [0.29, 0.717) is 28.5 Å². The van der Waals surface area contributed by atoms with Gasteiger partial charge in [0.15, 0.2) is 0 Å². The number of amides is 2. The predicted octanol–water partition coefficient (Wildman–Crippen LogP) is 1.86. The second kappa shape index (κ2) is 6.67. The number of nitrogens with zero attached hydrogens (tertiary/aromatic N) is 2. The molecule has 3 N–H and O–H groups in total. The van der Waals surface area contributed by atoms with Crippen molar-refractivity contribution in [2.75, 3.05) is 19.4 Å². The van der Waals surface area contributed by atoms with Crippen LogP contribution < -0.4 is 11.1 Å². The van der Waals surface area contributed by atoms with Crippen molar-refractivity contribution in [3.05, 3.63) is 45.4 Å². The van der Waals surface area contributed by atoms with Gasteiger partial charge in [0, 0.05) is 37.3 Å². The molecule has 0 aliphatic heterocycles. The first-order valence-electron chi connectivity index (χ1n) is 6.70. The number of carbonyl (C=O) groups excluding carboxylic acids is 2. The Balaban J connectivity index is 2.23. The summed E-state index contributed by atoms with van der Waals surface area (Å²) in [5, 5.41) is 5.17. The van der Waals surface area contributed by atoms with Gasteiger partial charge >= 0.3 is 0 Å². The van der Waals surface area contributed by atoms with Crippen LogP contribution in [-0.2, 0) is 6.54 Å². The second-order valence-corrected chi connectivity index (χ2v) is 5.96. The number of aromatic nitrogens is 1. The standard InChI is InChI=1S/C15H18N4O2S/c1-9-4-5-10(15(21)19(2)3)6-11(9)18-14(20)12-8-22-13(7-16)17-12/h4-6,8H,7,16H2,1-3H3,(H,18,20). The number of nitrogens with two attached hydrogens (primary N) is 1. The molecule has 0 saturated heterocycles. The minimum Gasteiger partial charge on any atom is -0.345 e. The lowest BCUT2D eigenvalue weighted by atomic mass is 10.1. The number of carbonyl (C=O) groups is 2. The molecule has 1 heterocycles. The molecule has 0 atom stereocenters. The van der Waals surface area contributed by atoms with Crippen LogP contribution in [-0.4, -0.2) is 35.8 Å². The summed E-state index contributed by atoms with van der Waals surface area (Å²) in [4.78, 5) is 29.8. The van der Waals surface area contributed by atoms with Gasteiger partial charge in [0.05, 0.1) is 0 Å². The van der Waals surface area contributed by atoms with Gasteiger partial charge in [-0.2, -0.15) is 0 Å². The SMILES string of the molecule is Cc1ccc(C(=O)N(C)C)cc1NC(=O)c1csc(CN)n1. The van der Waals surface area contributed by atoms with Gasteiger partial charge in [0.1, 0.15) is 10.7 Å². The number of benzene rings is 1. The molecule has 0 aliphatic rings. The average molecular weight is 318 g/mol. The van der Waals surface area contributed by atoms with Crippen LogP contribution in [0, 0.1) is 6.92 Å². The van der Waals surface area contributed by atoms with Gasteiger partial charge in [-0.25, -0.2) is 4.98 Å². The van der Waals surface area contributed by atoms with Crippen molar-refractivity contribution in [2.45, 2.75) is 13.5 Å². The van der Waals surface area contributed by atoms with Crippen LogP contribution in [0.15, 0.2) is 23.6 Å². The molecule has 22 heavy (non-hydrogen) atoms. The zero-order valence-electron chi connectivity index (χ0n) is 12.7. The van der Waals surface area contributed by atoms with Crippen LogP contribution in [0.3, 0.4) is 0 Å². The van der Waals surface area contributed by atoms with Gasteiger partial charge in [0.2, 0.25) is 0 Å². The highest BCUT2D eigenvalue weighted by atomic mass is 32.1. The molecule has 0 bridgehead atoms. The molecule has 0 spiro atoms. The number of aryl methyl sites for hydroxylation is 1. The fraction of sp³-hybridized carbons (Fsp3) is 0.267. The Kier molecular flexibility index (Phi) is 4.89. The third-order valence-electron chi connectivity index (χ3n) is 3.10. The highest BCUT2D eigenvalue weighted by molar-refractivity contribution is 7.09. The van der Waals surface area contributed by atoms with Gasteiger partial charge in [-0.1, -0.05) is 6.07 Å². The van der Waals surface area contributed by atoms with Gasteiger partial charge in [0.25, 0.3) is 11.8 Å². The van der Waals surface area contributed by atoms with Crippen molar-refractivity contribution in [2.24, 2.45) is 5.73 Å². The number of anilines is 1. The molecule has 1 aromatic heterocycles. The lowest BCUT2D eigenvalue weighted by Gasteiger charge is -2.13. The number of nitrogens with one attached hydrogen (secondary N) is 1. The fourth-order valence-corrected chi connectivity index (χ4v) is 2.50. The first-order chi connectivity index (χ1) is 10.4. The van der Waals surface area contributed by atoms with E-state index < -0.39 is 0 Å². The summed E-state index contributed by atoms with van der Waals surface area (Å²) >= 11 is 1.35. The predicted molar refractivity (Wildman–Crippen MR) is 87.2 cm³/mol. The van der Waals surface area contributed by atoms with E-state index in [1.165, 1.54) is 16.2 Å². The highest BCUT2D eigenvalue weighted by Gasteiger charge is 2.14. The summed E-state index contributed by atoms with van der Waals surface area (Å²) in [5.74, 6) is -0.428. The smallest absolute Gasteiger partial charge is 0.275 e. The van der Waals surface area contributed by atoms with Gasteiger partial charge in [-0.05, 0) is 24.6 Å². The molecule has 0 unspecified atom stereocenters. The fourth-order valence-electron chi connectivity index (χ4n) is 1.84. The molecule has 6 nitrogen and oxygen atoms in total. The van der Waals surface area contributed by atoms with E-state index in [2.05, 4.69) is 10.3 Å². The van der Waals surface area contributed by atoms with Crippen LogP contribution in [0.5, 0.6) is 0 Å². The van der Waals surface area contributed by atoms with Crippen molar-refractivity contribution in [1.29, 1.82) is 0 Å². The Morgan fingerprint density at radius 1 is 1.36 bits per heavy atom. The van der Waals surface area contributed by atoms with Crippen LogP contribution >= 0.6 is 11.3 Å². The van der Waals surface area contributed by atoms with Gasteiger partial charge in [-0.3, -0.25) is 9.59 Å². The van der Waals surface area contributed by atoms with Crippen molar-refractivity contribution in [1.82, 2.24) is 9.88 Å². The number of hydrogen-bond donors (Lipinski definition) is 2. The molecule has 1 aromatic carbocycles. The monoisotopic (exact) mass is 318 g/mol. The highest BCUT2D eigenvalue weighted by Crippen LogP contribution is 2.19. The lowest BCUT2D eigenvalue weighted by molar-refractivity contribution is 0.0827. The molecule has 0 fully saturated rings. The summed E-state index contributed by atoms with van der Waals surface area (Å²) in [6.45, 7) is 2.18. The van der Waals surface area contributed by atoms with Crippen molar-refractivity contribution in [3.63, 3.8) is 0 Å². The topological polar surface area (TPSA) is 88.3 Å². The number of hydrogen-bond acceptors (Lipinski definition) is 5. The largest absolute Gasteiger partial charge is 0.345 e. The molecule has 0 radical (unpaired) electrons. The normalized spacial score (nSPS) is 10.4. The van der Waals surface area contributed by atoms with E-state index in [9.17, 15) is 9.59 Å². The molecule has 7 heteroatoms. The van der Waals surface area contributed by atoms with E-state index >= 15 is 0 Å². The molecule has 0 saturated carbocycles. The zero-order valence-corrected chi connectivity index (χ0v) is 13.5. The first kappa shape index (κ1) is 16.1. The van der Waals surface area contributed by atoms with E-state index in [-0.39, 0.29) is 11.8 Å². The molecule has 116 valence electrons. The summed E-state index contributed by atoms with van der Waals surface area (Å²) in [6.07, 6.45) is 0. The first-order valence-corrected chi connectivity index (χ1v) is 7.58. The minimum atomic E-state index is -0.312. The second-order valence-electron chi connectivity index (χ2n) is 5.01. The maximum atomic E-state index is 12.2. The van der Waals surface area contributed by atoms with E-state index in [1.54, 1.807) is 37.7 Å². The van der Waals surface area contributed by atoms with E-state index in [0.717, 1.165) is 5.56 Å². The van der Waals surface area contributed by atoms with E-state index in [4.69, 9.17) is 5.73 Å². The third kappa shape index (κ3) is 3.49. The van der Waals surface area contributed by atoms with Crippen LogP contribution in [0.1, 0.15) is 31.4 Å². The summed E-state index contributed by atoms with van der Waals surface area (Å²) in [5.41, 5.74) is 7.81. The van der Waals surface area contributed by atoms with Crippen molar-refractivity contribution in [3.8, 4) is 0 Å². The number of thiazole rings is 1. The van der Waals surface area contributed by atoms with E-state index in [1.807, 2.05) is 6.92 Å². The minimum absolute atomic E-state index is 0.116. The maximum absolute atomic E-state index is 12.2. The third-order valence-corrected chi connectivity index (χ3v) is 3.97. The van der Waals surface area contributed by atoms with Crippen LogP contribution in [0.25, 0.3) is 0 Å². The van der Waals surface area contributed by atoms with Gasteiger partial charge < -0.3 is 16.0 Å². The lowest BCUT2D eigenvalue weighted by Crippen LogP contribution is -2.22. The Hall–Kier alpha value is -2.25. The molecular weight excluding hydrogens is 300 g/mol. The quantitative estimate of drug-likeness (QED) is 0.900. The Morgan fingerprint density at radius 3 is 2.68 bits per heavy atom. The van der Waals surface area contributed by atoms with Crippen molar-refractivity contribution >= 4 is 28.8 Å². The summed E-state index contributed by atoms with van der Waals surface area (Å²) in [7, 11) is 3.37. The van der Waals surface area contributed by atoms with Gasteiger partial charge in [-0.15, -0.1) is 11.3 Å². The Labute approximate surface area is 133 Å². The molecule has 2 rings (SSSR count). The average Bonchev–Trinajstić information content (AvgIpc) is 2.97. The van der Waals surface area contributed by atoms with Crippen molar-refractivity contribution < 1.29 is 9.59 Å². The van der Waals surface area contributed by atoms with Crippen LogP contribution in [0.2, 0.25) is 0 Å². The zero-order chi connectivity index (χ0) is 16.3. The summed E-state index contributed by atoms with van der Waals surface area (Å²) in [6, 6.07) is 5.22. The maximum Gasteiger partial charge on any atom is 0.275 e. The Bertz CT molecular complexity index is 709. The molecule has 2 amide bonds.